The minimum Gasteiger partial charge on any atom is -0.422 e. The largest absolute Gasteiger partial charge is 0.422 e. The Kier molecular flexibility index (Phi) is 2.98. The highest BCUT2D eigenvalue weighted by Gasteiger charge is 2.11. The zero-order valence-electron chi connectivity index (χ0n) is 10.6. The van der Waals surface area contributed by atoms with Gasteiger partial charge < -0.3 is 4.42 Å². The lowest BCUT2D eigenvalue weighted by Crippen LogP contribution is -2.01. The molecule has 4 nitrogen and oxygen atoms in total. The molecule has 4 aromatic rings. The molecule has 0 saturated carbocycles. The molecule has 0 aliphatic rings. The van der Waals surface area contributed by atoms with E-state index in [0.29, 0.717) is 10.5 Å². The molecule has 6 heteroatoms. The monoisotopic (exact) mass is 312 g/mol. The van der Waals surface area contributed by atoms with E-state index in [-0.39, 0.29) is 5.63 Å². The zero-order valence-corrected chi connectivity index (χ0v) is 12.3. The van der Waals surface area contributed by atoms with Gasteiger partial charge in [0.1, 0.15) is 16.0 Å². The summed E-state index contributed by atoms with van der Waals surface area (Å²) < 4.78 is 6.15. The van der Waals surface area contributed by atoms with E-state index in [9.17, 15) is 4.79 Å². The Morgan fingerprint density at radius 2 is 2.00 bits per heavy atom. The summed E-state index contributed by atoms with van der Waals surface area (Å²) in [6.45, 7) is 0. The molecule has 2 aromatic heterocycles. The molecule has 2 heterocycles. The molecule has 0 N–H and O–H groups in total. The van der Waals surface area contributed by atoms with Crippen LogP contribution < -0.4 is 5.63 Å². The first kappa shape index (κ1) is 12.6. The van der Waals surface area contributed by atoms with Gasteiger partial charge in [0.2, 0.25) is 0 Å². The predicted octanol–water partition coefficient (Wildman–Crippen LogP) is 3.95. The fourth-order valence-corrected chi connectivity index (χ4v) is 3.67. The van der Waals surface area contributed by atoms with Gasteiger partial charge in [0, 0.05) is 5.39 Å². The van der Waals surface area contributed by atoms with Crippen molar-refractivity contribution in [1.82, 2.24) is 10.2 Å². The van der Waals surface area contributed by atoms with Gasteiger partial charge in [0.15, 0.2) is 4.34 Å². The van der Waals surface area contributed by atoms with Gasteiger partial charge in [-0.1, -0.05) is 41.7 Å². The first-order chi connectivity index (χ1) is 10.3. The number of hydrogen-bond donors (Lipinski definition) is 0. The molecule has 0 fully saturated rings. The van der Waals surface area contributed by atoms with Gasteiger partial charge in [-0.3, -0.25) is 0 Å². The normalized spacial score (nSPS) is 11.2. The molecule has 0 aliphatic heterocycles. The molecule has 0 unspecified atom stereocenters. The first-order valence-electron chi connectivity index (χ1n) is 6.21. The van der Waals surface area contributed by atoms with Crippen molar-refractivity contribution >= 4 is 44.8 Å². The molecule has 4 rings (SSSR count). The number of hydrogen-bond acceptors (Lipinski definition) is 6. The highest BCUT2D eigenvalue weighted by atomic mass is 32.2. The van der Waals surface area contributed by atoms with Crippen LogP contribution in [0.4, 0.5) is 0 Å². The number of benzene rings is 2. The average molecular weight is 312 g/mol. The van der Waals surface area contributed by atoms with Crippen molar-refractivity contribution in [3.05, 3.63) is 58.4 Å². The summed E-state index contributed by atoms with van der Waals surface area (Å²) in [5.41, 5.74) is 1.89. The Labute approximate surface area is 127 Å². The van der Waals surface area contributed by atoms with E-state index in [2.05, 4.69) is 10.2 Å². The molecular formula is C15H8N2O2S2. The second-order valence-corrected chi connectivity index (χ2v) is 6.53. The van der Waals surface area contributed by atoms with Crippen molar-refractivity contribution in [3.8, 4) is 0 Å². The lowest BCUT2D eigenvalue weighted by molar-refractivity contribution is 0.544. The van der Waals surface area contributed by atoms with Gasteiger partial charge in [-0.05, 0) is 34.7 Å². The Hall–Kier alpha value is -2.18. The molecule has 0 saturated heterocycles. The minimum atomic E-state index is -0.349. The molecule has 0 radical (unpaired) electrons. The topological polar surface area (TPSA) is 56.0 Å². The van der Waals surface area contributed by atoms with Gasteiger partial charge in [-0.15, -0.1) is 10.2 Å². The number of rotatable bonds is 2. The second-order valence-electron chi connectivity index (χ2n) is 4.40. The van der Waals surface area contributed by atoms with Crippen LogP contribution in [0.1, 0.15) is 0 Å². The maximum Gasteiger partial charge on any atom is 0.350 e. The summed E-state index contributed by atoms with van der Waals surface area (Å²) in [5, 5.41) is 10.8. The summed E-state index contributed by atoms with van der Waals surface area (Å²) in [6.07, 6.45) is 0. The quantitative estimate of drug-likeness (QED) is 0.414. The van der Waals surface area contributed by atoms with E-state index in [1.807, 2.05) is 42.5 Å². The van der Waals surface area contributed by atoms with Crippen LogP contribution >= 0.6 is 23.1 Å². The van der Waals surface area contributed by atoms with E-state index >= 15 is 0 Å². The van der Waals surface area contributed by atoms with E-state index in [1.165, 1.54) is 23.1 Å². The number of nitrogens with zero attached hydrogens (tertiary/aromatic N) is 2. The van der Waals surface area contributed by atoms with Crippen LogP contribution in [0.5, 0.6) is 0 Å². The van der Waals surface area contributed by atoms with Crippen LogP contribution in [0.15, 0.2) is 66.4 Å². The maximum atomic E-state index is 12.1. The highest BCUT2D eigenvalue weighted by Crippen LogP contribution is 2.31. The van der Waals surface area contributed by atoms with Gasteiger partial charge in [-0.25, -0.2) is 4.79 Å². The molecule has 0 aliphatic carbocycles. The smallest absolute Gasteiger partial charge is 0.350 e. The maximum absolute atomic E-state index is 12.1. The molecule has 2 aromatic carbocycles. The second kappa shape index (κ2) is 4.98. The molecular weight excluding hydrogens is 304 g/mol. The lowest BCUT2D eigenvalue weighted by atomic mass is 10.1. The van der Waals surface area contributed by atoms with Gasteiger partial charge in [0.05, 0.1) is 0 Å². The minimum absolute atomic E-state index is 0.349. The summed E-state index contributed by atoms with van der Waals surface area (Å²) in [6, 6.07) is 13.7. The summed E-state index contributed by atoms with van der Waals surface area (Å²) in [4.78, 5) is 12.6. The van der Waals surface area contributed by atoms with Crippen molar-refractivity contribution in [2.24, 2.45) is 0 Å². The first-order valence-corrected chi connectivity index (χ1v) is 7.90. The van der Waals surface area contributed by atoms with Crippen molar-refractivity contribution in [1.29, 1.82) is 0 Å². The Morgan fingerprint density at radius 1 is 1.10 bits per heavy atom. The Balaban J connectivity index is 1.98. The Morgan fingerprint density at radius 3 is 2.86 bits per heavy atom. The van der Waals surface area contributed by atoms with E-state index in [1.54, 1.807) is 5.51 Å². The van der Waals surface area contributed by atoms with Crippen LogP contribution in [-0.2, 0) is 0 Å². The van der Waals surface area contributed by atoms with Crippen LogP contribution in [0.3, 0.4) is 0 Å². The van der Waals surface area contributed by atoms with Crippen molar-refractivity contribution in [2.45, 2.75) is 9.24 Å². The fraction of sp³-hybridized carbons (Fsp3) is 0. The third-order valence-electron chi connectivity index (χ3n) is 3.15. The fourth-order valence-electron chi connectivity index (χ4n) is 2.23. The van der Waals surface area contributed by atoms with E-state index < -0.39 is 0 Å². The number of aromatic nitrogens is 2. The van der Waals surface area contributed by atoms with E-state index in [0.717, 1.165) is 20.5 Å². The van der Waals surface area contributed by atoms with Crippen LogP contribution in [0, 0.1) is 0 Å². The zero-order chi connectivity index (χ0) is 14.2. The van der Waals surface area contributed by atoms with E-state index in [4.69, 9.17) is 4.42 Å². The Bertz CT molecular complexity index is 994. The average Bonchev–Trinajstić information content (AvgIpc) is 3.01. The highest BCUT2D eigenvalue weighted by molar-refractivity contribution is 8.01. The predicted molar refractivity (Wildman–Crippen MR) is 84.0 cm³/mol. The molecule has 0 bridgehead atoms. The lowest BCUT2D eigenvalue weighted by Gasteiger charge is -2.04. The SMILES string of the molecule is O=c1oc2ccc3ccccc3c2cc1Sc1nncs1. The summed E-state index contributed by atoms with van der Waals surface area (Å²) in [7, 11) is 0. The van der Waals surface area contributed by atoms with Crippen molar-refractivity contribution in [2.75, 3.05) is 0 Å². The molecule has 21 heavy (non-hydrogen) atoms. The van der Waals surface area contributed by atoms with Crippen LogP contribution in [0.25, 0.3) is 21.7 Å². The van der Waals surface area contributed by atoms with Crippen molar-refractivity contribution in [3.63, 3.8) is 0 Å². The third kappa shape index (κ3) is 2.22. The van der Waals surface area contributed by atoms with Gasteiger partial charge in [-0.2, -0.15) is 0 Å². The molecule has 0 atom stereocenters. The third-order valence-corrected chi connectivity index (χ3v) is 4.93. The van der Waals surface area contributed by atoms with Gasteiger partial charge >= 0.3 is 5.63 Å². The van der Waals surface area contributed by atoms with Gasteiger partial charge in [0.25, 0.3) is 0 Å². The van der Waals surface area contributed by atoms with Crippen LogP contribution in [-0.4, -0.2) is 10.2 Å². The number of fused-ring (bicyclic) bond motifs is 3. The summed E-state index contributed by atoms with van der Waals surface area (Å²) >= 11 is 2.68. The molecule has 0 amide bonds. The van der Waals surface area contributed by atoms with Crippen molar-refractivity contribution < 1.29 is 4.42 Å². The molecule has 0 spiro atoms. The summed E-state index contributed by atoms with van der Waals surface area (Å²) in [5.74, 6) is 0. The van der Waals surface area contributed by atoms with Crippen LogP contribution in [0.2, 0.25) is 0 Å². The molecule has 102 valence electrons. The standard InChI is InChI=1S/C15H8N2O2S2/c18-14-13(21-15-17-16-8-20-15)7-11-10-4-2-1-3-9(10)5-6-12(11)19-14/h1-8H.